The third kappa shape index (κ3) is 3.48. The highest BCUT2D eigenvalue weighted by molar-refractivity contribution is 6.05. The van der Waals surface area contributed by atoms with Gasteiger partial charge in [0.25, 0.3) is 5.91 Å². The van der Waals surface area contributed by atoms with Gasteiger partial charge in [0.05, 0.1) is 11.4 Å². The lowest BCUT2D eigenvalue weighted by Crippen LogP contribution is -2.21. The molecular formula is C22H21F2NO4. The zero-order valence-electron chi connectivity index (χ0n) is 16.2. The molecule has 0 amide bonds. The van der Waals surface area contributed by atoms with Gasteiger partial charge in [-0.3, -0.25) is 14.2 Å². The van der Waals surface area contributed by atoms with Crippen LogP contribution in [0.4, 0.5) is 8.78 Å². The van der Waals surface area contributed by atoms with Gasteiger partial charge in [-0.2, -0.15) is 0 Å². The fourth-order valence-electron chi connectivity index (χ4n) is 3.73. The molecule has 3 rings (SSSR count). The molecule has 0 saturated carbocycles. The maximum Gasteiger partial charge on any atom is 0.311 e. The highest BCUT2D eigenvalue weighted by atomic mass is 19.2. The number of carboxylic acids is 1. The first-order valence-electron chi connectivity index (χ1n) is 9.23. The van der Waals surface area contributed by atoms with E-state index in [-0.39, 0.29) is 17.2 Å². The summed E-state index contributed by atoms with van der Waals surface area (Å²) in [5.74, 6) is -5.06. The van der Waals surface area contributed by atoms with E-state index < -0.39 is 29.4 Å². The molecule has 0 aliphatic carbocycles. The largest absolute Gasteiger partial charge is 0.508 e. The first-order valence-corrected chi connectivity index (χ1v) is 9.23. The van der Waals surface area contributed by atoms with Crippen molar-refractivity contribution < 1.29 is 28.6 Å². The topological polar surface area (TPSA) is 79.5 Å². The molecule has 0 saturated heterocycles. The summed E-state index contributed by atoms with van der Waals surface area (Å²) in [6.45, 7) is 5.29. The molecule has 2 atom stereocenters. The van der Waals surface area contributed by atoms with Crippen molar-refractivity contribution in [2.75, 3.05) is 0 Å². The van der Waals surface area contributed by atoms with Gasteiger partial charge in [0.2, 0.25) is 0 Å². The van der Waals surface area contributed by atoms with Gasteiger partial charge >= 0.3 is 5.97 Å². The lowest BCUT2D eigenvalue weighted by molar-refractivity contribution is -0.140. The number of rotatable bonds is 5. The maximum atomic E-state index is 13.7. The Labute approximate surface area is 166 Å². The summed E-state index contributed by atoms with van der Waals surface area (Å²) in [4.78, 5) is 25.2. The second-order valence-electron chi connectivity index (χ2n) is 7.17. The van der Waals surface area contributed by atoms with Gasteiger partial charge in [0, 0.05) is 16.6 Å². The van der Waals surface area contributed by atoms with Crippen LogP contribution in [0, 0.1) is 24.5 Å². The smallest absolute Gasteiger partial charge is 0.311 e. The number of carboxylic acid groups (broad SMARTS) is 1. The Kier molecular flexibility index (Phi) is 5.42. The lowest BCUT2D eigenvalue weighted by atomic mass is 9.84. The Bertz CT molecular complexity index is 1120. The molecule has 2 N–H and O–H groups in total. The second-order valence-corrected chi connectivity index (χ2v) is 7.17. The van der Waals surface area contributed by atoms with E-state index in [4.69, 9.17) is 0 Å². The van der Waals surface area contributed by atoms with Crippen molar-refractivity contribution in [2.24, 2.45) is 5.92 Å². The number of halogens is 2. The molecule has 0 spiro atoms. The van der Waals surface area contributed by atoms with Crippen LogP contribution in [0.25, 0.3) is 10.9 Å². The first-order chi connectivity index (χ1) is 13.7. The van der Waals surface area contributed by atoms with Crippen molar-refractivity contribution in [1.29, 1.82) is 0 Å². The average Bonchev–Trinajstić information content (AvgIpc) is 2.94. The molecule has 5 nitrogen and oxygen atoms in total. The van der Waals surface area contributed by atoms with Gasteiger partial charge in [-0.05, 0) is 54.8 Å². The summed E-state index contributed by atoms with van der Waals surface area (Å²) < 4.78 is 28.2. The SMILES string of the molecule is CC[C@@H](C)C(C(=O)O)c1c(C)n(C(=O)c2ccc(F)c(F)c2)c2ccc(O)cc12. The van der Waals surface area contributed by atoms with Crippen LogP contribution in [0.3, 0.4) is 0 Å². The lowest BCUT2D eigenvalue weighted by Gasteiger charge is -2.20. The molecule has 2 aromatic carbocycles. The molecule has 0 radical (unpaired) electrons. The number of nitrogens with zero attached hydrogens (tertiary/aromatic N) is 1. The third-order valence-electron chi connectivity index (χ3n) is 5.40. The maximum absolute atomic E-state index is 13.7. The molecule has 1 unspecified atom stereocenters. The summed E-state index contributed by atoms with van der Waals surface area (Å²) in [6, 6.07) is 7.18. The normalized spacial score (nSPS) is 13.4. The van der Waals surface area contributed by atoms with Crippen molar-refractivity contribution in [1.82, 2.24) is 4.57 Å². The van der Waals surface area contributed by atoms with E-state index in [1.165, 1.54) is 28.8 Å². The van der Waals surface area contributed by atoms with E-state index in [9.17, 15) is 28.6 Å². The molecule has 0 aliphatic rings. The Balaban J connectivity index is 2.31. The number of hydrogen-bond acceptors (Lipinski definition) is 3. The van der Waals surface area contributed by atoms with Gasteiger partial charge in [0.15, 0.2) is 11.6 Å². The minimum atomic E-state index is -1.15. The fraction of sp³-hybridized carbons (Fsp3) is 0.273. The number of carbonyl (C=O) groups is 2. The number of phenols is 1. The van der Waals surface area contributed by atoms with Crippen molar-refractivity contribution in [3.63, 3.8) is 0 Å². The first kappa shape index (κ1) is 20.5. The molecule has 7 heteroatoms. The summed E-state index contributed by atoms with van der Waals surface area (Å²) in [6.07, 6.45) is 0.596. The molecule has 1 aromatic heterocycles. The summed E-state index contributed by atoms with van der Waals surface area (Å²) in [5, 5.41) is 20.3. The fourth-order valence-corrected chi connectivity index (χ4v) is 3.73. The van der Waals surface area contributed by atoms with Crippen LogP contribution >= 0.6 is 0 Å². The number of benzene rings is 2. The predicted octanol–water partition coefficient (Wildman–Crippen LogP) is 4.84. The molecule has 3 aromatic rings. The van der Waals surface area contributed by atoms with Gasteiger partial charge in [-0.15, -0.1) is 0 Å². The monoisotopic (exact) mass is 401 g/mol. The van der Waals surface area contributed by atoms with E-state index in [0.29, 0.717) is 28.6 Å². The molecule has 1 heterocycles. The standard InChI is InChI=1S/C22H21F2NO4/c1-4-11(2)19(22(28)29)20-12(3)25(18-8-6-14(26)10-15(18)20)21(27)13-5-7-16(23)17(24)9-13/h5-11,19,26H,4H2,1-3H3,(H,28,29)/t11-,19?/m1/s1. The second kappa shape index (κ2) is 7.66. The number of hydrogen-bond donors (Lipinski definition) is 2. The Morgan fingerprint density at radius 3 is 2.38 bits per heavy atom. The number of phenolic OH excluding ortho intramolecular Hbond substituents is 1. The number of fused-ring (bicyclic) bond motifs is 1. The van der Waals surface area contributed by atoms with Crippen LogP contribution in [0.1, 0.15) is 47.8 Å². The van der Waals surface area contributed by atoms with Crippen LogP contribution in [-0.4, -0.2) is 26.7 Å². The van der Waals surface area contributed by atoms with E-state index in [2.05, 4.69) is 0 Å². The predicted molar refractivity (Wildman–Crippen MR) is 104 cm³/mol. The van der Waals surface area contributed by atoms with E-state index in [1.54, 1.807) is 13.8 Å². The van der Waals surface area contributed by atoms with Crippen molar-refractivity contribution in [2.45, 2.75) is 33.1 Å². The van der Waals surface area contributed by atoms with Crippen molar-refractivity contribution >= 4 is 22.8 Å². The van der Waals surface area contributed by atoms with Crippen LogP contribution < -0.4 is 0 Å². The Morgan fingerprint density at radius 2 is 1.79 bits per heavy atom. The van der Waals surface area contributed by atoms with Crippen LogP contribution in [0.2, 0.25) is 0 Å². The number of aliphatic carboxylic acids is 1. The minimum absolute atomic E-state index is 0.0653. The van der Waals surface area contributed by atoms with E-state index >= 15 is 0 Å². The number of carbonyl (C=O) groups excluding carboxylic acids is 1. The summed E-state index contributed by atoms with van der Waals surface area (Å²) in [7, 11) is 0. The number of aromatic hydroxyl groups is 1. The molecule has 29 heavy (non-hydrogen) atoms. The van der Waals surface area contributed by atoms with Crippen LogP contribution in [0.15, 0.2) is 36.4 Å². The van der Waals surface area contributed by atoms with Crippen molar-refractivity contribution in [3.8, 4) is 5.75 Å². The molecule has 152 valence electrons. The Morgan fingerprint density at radius 1 is 1.10 bits per heavy atom. The minimum Gasteiger partial charge on any atom is -0.508 e. The van der Waals surface area contributed by atoms with Crippen LogP contribution in [0.5, 0.6) is 5.75 Å². The average molecular weight is 401 g/mol. The summed E-state index contributed by atoms with van der Waals surface area (Å²) in [5.41, 5.74) is 1.13. The third-order valence-corrected chi connectivity index (χ3v) is 5.40. The van der Waals surface area contributed by atoms with Crippen LogP contribution in [-0.2, 0) is 4.79 Å². The highest BCUT2D eigenvalue weighted by Crippen LogP contribution is 2.38. The molecule has 0 aliphatic heterocycles. The van der Waals surface area contributed by atoms with E-state index in [0.717, 1.165) is 12.1 Å². The van der Waals surface area contributed by atoms with Gasteiger partial charge in [0.1, 0.15) is 5.75 Å². The van der Waals surface area contributed by atoms with Gasteiger partial charge in [-0.1, -0.05) is 20.3 Å². The summed E-state index contributed by atoms with van der Waals surface area (Å²) >= 11 is 0. The van der Waals surface area contributed by atoms with E-state index in [1.807, 2.05) is 6.92 Å². The highest BCUT2D eigenvalue weighted by Gasteiger charge is 2.32. The zero-order valence-corrected chi connectivity index (χ0v) is 16.2. The molecular weight excluding hydrogens is 380 g/mol. The van der Waals surface area contributed by atoms with Crippen molar-refractivity contribution in [3.05, 3.63) is 64.9 Å². The zero-order chi connectivity index (χ0) is 21.5. The molecule has 0 bridgehead atoms. The molecule has 0 fully saturated rings. The number of aromatic nitrogens is 1. The van der Waals surface area contributed by atoms with Gasteiger partial charge in [-0.25, -0.2) is 8.78 Å². The quantitative estimate of drug-likeness (QED) is 0.641. The Hall–Kier alpha value is -3.22. The van der Waals surface area contributed by atoms with Gasteiger partial charge < -0.3 is 10.2 Å².